The van der Waals surface area contributed by atoms with Gasteiger partial charge in [0.05, 0.1) is 12.1 Å². The SMILES string of the molecule is C=C(Cl)CNc1ccc(N)c(C(F)(F)F)c1. The standard InChI is InChI=1S/C10H10ClF3N2/c1-6(11)5-16-7-2-3-9(15)8(4-7)10(12,13)14/h2-4,16H,1,5,15H2. The van der Waals surface area contributed by atoms with Crippen LogP contribution < -0.4 is 11.1 Å². The minimum Gasteiger partial charge on any atom is -0.398 e. The van der Waals surface area contributed by atoms with Gasteiger partial charge in [0.25, 0.3) is 0 Å². The van der Waals surface area contributed by atoms with Gasteiger partial charge in [-0.05, 0) is 18.2 Å². The van der Waals surface area contributed by atoms with E-state index in [1.807, 2.05) is 0 Å². The maximum Gasteiger partial charge on any atom is 0.418 e. The monoisotopic (exact) mass is 250 g/mol. The number of hydrogen-bond acceptors (Lipinski definition) is 2. The third-order valence-corrected chi connectivity index (χ3v) is 1.98. The summed E-state index contributed by atoms with van der Waals surface area (Å²) < 4.78 is 37.4. The third-order valence-electron chi connectivity index (χ3n) is 1.84. The van der Waals surface area contributed by atoms with E-state index in [0.717, 1.165) is 6.07 Å². The lowest BCUT2D eigenvalue weighted by molar-refractivity contribution is -0.136. The van der Waals surface area contributed by atoms with Gasteiger partial charge in [0.15, 0.2) is 0 Å². The average Bonchev–Trinajstić information content (AvgIpc) is 2.14. The summed E-state index contributed by atoms with van der Waals surface area (Å²) in [7, 11) is 0. The molecule has 3 N–H and O–H groups in total. The van der Waals surface area contributed by atoms with Crippen molar-refractivity contribution in [2.45, 2.75) is 6.18 Å². The number of nitrogens with two attached hydrogens (primary N) is 1. The molecule has 0 saturated heterocycles. The van der Waals surface area contributed by atoms with Crippen molar-refractivity contribution in [3.63, 3.8) is 0 Å². The number of nitrogen functional groups attached to an aromatic ring is 1. The van der Waals surface area contributed by atoms with Gasteiger partial charge in [0.2, 0.25) is 0 Å². The molecule has 0 radical (unpaired) electrons. The topological polar surface area (TPSA) is 38.0 Å². The molecule has 0 heterocycles. The molecular weight excluding hydrogens is 241 g/mol. The molecule has 0 aliphatic carbocycles. The molecule has 0 aromatic heterocycles. The van der Waals surface area contributed by atoms with Gasteiger partial charge in [-0.25, -0.2) is 0 Å². The second-order valence-electron chi connectivity index (χ2n) is 3.17. The summed E-state index contributed by atoms with van der Waals surface area (Å²) in [6.07, 6.45) is -4.46. The second kappa shape index (κ2) is 4.65. The van der Waals surface area contributed by atoms with Crippen LogP contribution in [0.4, 0.5) is 24.5 Å². The lowest BCUT2D eigenvalue weighted by Crippen LogP contribution is -2.10. The predicted molar refractivity (Wildman–Crippen MR) is 59.3 cm³/mol. The fraction of sp³-hybridized carbons (Fsp3) is 0.200. The van der Waals surface area contributed by atoms with Crippen LogP contribution in [0.3, 0.4) is 0 Å². The van der Waals surface area contributed by atoms with Gasteiger partial charge < -0.3 is 11.1 Å². The maximum absolute atomic E-state index is 12.5. The quantitative estimate of drug-likeness (QED) is 0.807. The van der Waals surface area contributed by atoms with Gasteiger partial charge in [-0.2, -0.15) is 13.2 Å². The van der Waals surface area contributed by atoms with Crippen molar-refractivity contribution in [1.82, 2.24) is 0 Å². The Morgan fingerprint density at radius 3 is 2.56 bits per heavy atom. The van der Waals surface area contributed by atoms with Gasteiger partial charge in [-0.1, -0.05) is 18.2 Å². The Balaban J connectivity index is 2.94. The first-order valence-corrected chi connectivity index (χ1v) is 4.72. The largest absolute Gasteiger partial charge is 0.418 e. The molecule has 6 heteroatoms. The minimum atomic E-state index is -4.46. The van der Waals surface area contributed by atoms with E-state index < -0.39 is 11.7 Å². The zero-order valence-electron chi connectivity index (χ0n) is 8.24. The molecule has 0 unspecified atom stereocenters. The fourth-order valence-corrected chi connectivity index (χ4v) is 1.18. The van der Waals surface area contributed by atoms with Crippen molar-refractivity contribution in [2.24, 2.45) is 0 Å². The van der Waals surface area contributed by atoms with Gasteiger partial charge >= 0.3 is 6.18 Å². The normalized spacial score (nSPS) is 11.2. The van der Waals surface area contributed by atoms with Gasteiger partial charge in [0.1, 0.15) is 0 Å². The molecule has 2 nitrogen and oxygen atoms in total. The minimum absolute atomic E-state index is 0.197. The molecule has 1 aromatic carbocycles. The first-order chi connectivity index (χ1) is 7.30. The lowest BCUT2D eigenvalue weighted by Gasteiger charge is -2.12. The van der Waals surface area contributed by atoms with Crippen LogP contribution in [0.15, 0.2) is 29.8 Å². The zero-order valence-corrected chi connectivity index (χ0v) is 8.99. The first kappa shape index (κ1) is 12.7. The predicted octanol–water partition coefficient (Wildman–Crippen LogP) is 3.45. The van der Waals surface area contributed by atoms with E-state index in [4.69, 9.17) is 17.3 Å². The number of hydrogen-bond donors (Lipinski definition) is 2. The summed E-state index contributed by atoms with van der Waals surface area (Å²) in [5.74, 6) is 0. The van der Waals surface area contributed by atoms with Crippen LogP contribution in [0.1, 0.15) is 5.56 Å². The van der Waals surface area contributed by atoms with E-state index in [0.29, 0.717) is 10.7 Å². The molecule has 0 bridgehead atoms. The Bertz CT molecular complexity index is 402. The Kier molecular flexibility index (Phi) is 3.70. The molecule has 0 spiro atoms. The average molecular weight is 251 g/mol. The number of alkyl halides is 3. The highest BCUT2D eigenvalue weighted by molar-refractivity contribution is 6.29. The van der Waals surface area contributed by atoms with Crippen LogP contribution in [-0.4, -0.2) is 6.54 Å². The molecule has 0 fully saturated rings. The second-order valence-corrected chi connectivity index (χ2v) is 3.71. The van der Waals surface area contributed by atoms with E-state index >= 15 is 0 Å². The van der Waals surface area contributed by atoms with Crippen molar-refractivity contribution in [3.05, 3.63) is 35.4 Å². The Hall–Kier alpha value is -1.36. The molecule has 1 rings (SSSR count). The first-order valence-electron chi connectivity index (χ1n) is 4.34. The molecule has 88 valence electrons. The molecule has 0 amide bonds. The molecule has 16 heavy (non-hydrogen) atoms. The van der Waals surface area contributed by atoms with Crippen LogP contribution in [0, 0.1) is 0 Å². The van der Waals surface area contributed by atoms with Crippen molar-refractivity contribution in [2.75, 3.05) is 17.6 Å². The van der Waals surface area contributed by atoms with E-state index in [1.165, 1.54) is 12.1 Å². The summed E-state index contributed by atoms with van der Waals surface area (Å²) in [6.45, 7) is 3.61. The summed E-state index contributed by atoms with van der Waals surface area (Å²) in [4.78, 5) is 0. The molecule has 0 atom stereocenters. The van der Waals surface area contributed by atoms with Crippen molar-refractivity contribution in [1.29, 1.82) is 0 Å². The highest BCUT2D eigenvalue weighted by Crippen LogP contribution is 2.35. The number of anilines is 2. The van der Waals surface area contributed by atoms with E-state index in [2.05, 4.69) is 11.9 Å². The van der Waals surface area contributed by atoms with Gasteiger partial charge in [-0.15, -0.1) is 0 Å². The molecule has 0 saturated carbocycles. The van der Waals surface area contributed by atoms with E-state index in [9.17, 15) is 13.2 Å². The number of halogens is 4. The smallest absolute Gasteiger partial charge is 0.398 e. The van der Waals surface area contributed by atoms with Gasteiger partial charge in [-0.3, -0.25) is 0 Å². The van der Waals surface area contributed by atoms with E-state index in [-0.39, 0.29) is 12.2 Å². The highest BCUT2D eigenvalue weighted by atomic mass is 35.5. The molecule has 1 aromatic rings. The summed E-state index contributed by atoms with van der Waals surface area (Å²) in [5.41, 5.74) is 4.37. The van der Waals surface area contributed by atoms with Crippen molar-refractivity contribution < 1.29 is 13.2 Å². The highest BCUT2D eigenvalue weighted by Gasteiger charge is 2.33. The van der Waals surface area contributed by atoms with Crippen molar-refractivity contribution >= 4 is 23.0 Å². The van der Waals surface area contributed by atoms with Crippen LogP contribution >= 0.6 is 11.6 Å². The Morgan fingerprint density at radius 1 is 1.44 bits per heavy atom. The van der Waals surface area contributed by atoms with Crippen LogP contribution in [0.5, 0.6) is 0 Å². The Morgan fingerprint density at radius 2 is 2.06 bits per heavy atom. The molecular formula is C10H10ClF3N2. The van der Waals surface area contributed by atoms with Gasteiger partial charge in [0, 0.05) is 16.4 Å². The third kappa shape index (κ3) is 3.34. The van der Waals surface area contributed by atoms with Crippen LogP contribution in [-0.2, 0) is 6.18 Å². The van der Waals surface area contributed by atoms with Crippen molar-refractivity contribution in [3.8, 4) is 0 Å². The summed E-state index contributed by atoms with van der Waals surface area (Å²) in [5, 5.41) is 3.01. The Labute approximate surface area is 95.9 Å². The maximum atomic E-state index is 12.5. The molecule has 0 aliphatic heterocycles. The zero-order chi connectivity index (χ0) is 12.3. The lowest BCUT2D eigenvalue weighted by atomic mass is 10.1. The number of rotatable bonds is 3. The number of nitrogens with one attached hydrogen (secondary N) is 1. The summed E-state index contributed by atoms with van der Waals surface area (Å²) in [6, 6.07) is 3.59. The van der Waals surface area contributed by atoms with Crippen LogP contribution in [0.25, 0.3) is 0 Å². The summed E-state index contributed by atoms with van der Waals surface area (Å²) >= 11 is 5.48. The van der Waals surface area contributed by atoms with E-state index in [1.54, 1.807) is 0 Å². The molecule has 0 aliphatic rings. The fourth-order valence-electron chi connectivity index (χ4n) is 1.11. The number of benzene rings is 1. The van der Waals surface area contributed by atoms with Crippen LogP contribution in [0.2, 0.25) is 0 Å².